The number of fused-ring (bicyclic) bond motifs is 1. The second-order valence-corrected chi connectivity index (χ2v) is 12.1. The summed E-state index contributed by atoms with van der Waals surface area (Å²) in [6.07, 6.45) is 0. The zero-order valence-electron chi connectivity index (χ0n) is 14.4. The van der Waals surface area contributed by atoms with Gasteiger partial charge in [-0.05, 0) is 41.3 Å². The largest absolute Gasteiger partial charge is 0.428 e. The zero-order chi connectivity index (χ0) is 16.8. The normalized spacial score (nSPS) is 11.9. The molecular formula is C20H22O2Si. The maximum atomic E-state index is 12.6. The molecule has 3 aromatic rings. The van der Waals surface area contributed by atoms with Crippen molar-refractivity contribution in [1.82, 2.24) is 0 Å². The Morgan fingerprint density at radius 2 is 1.57 bits per heavy atom. The molecule has 0 aliphatic carbocycles. The summed E-state index contributed by atoms with van der Waals surface area (Å²) in [5.74, 6) is 0.708. The molecule has 0 fully saturated rings. The SMILES string of the molecule is Cc1oc(=O)c([Si](C)(C)C)c(-c2cccc3ccccc23)c1C. The average Bonchev–Trinajstić information content (AvgIpc) is 2.49. The third kappa shape index (κ3) is 2.66. The van der Waals surface area contributed by atoms with Crippen LogP contribution in [-0.4, -0.2) is 8.07 Å². The van der Waals surface area contributed by atoms with Crippen LogP contribution >= 0.6 is 0 Å². The summed E-state index contributed by atoms with van der Waals surface area (Å²) in [5, 5.41) is 3.26. The van der Waals surface area contributed by atoms with Gasteiger partial charge in [0.15, 0.2) is 0 Å². The van der Waals surface area contributed by atoms with E-state index in [0.29, 0.717) is 5.76 Å². The van der Waals surface area contributed by atoms with E-state index in [2.05, 4.69) is 56.9 Å². The zero-order valence-corrected chi connectivity index (χ0v) is 15.4. The van der Waals surface area contributed by atoms with Crippen LogP contribution in [0.5, 0.6) is 0 Å². The van der Waals surface area contributed by atoms with E-state index >= 15 is 0 Å². The van der Waals surface area contributed by atoms with Crippen LogP contribution in [0.15, 0.2) is 51.7 Å². The van der Waals surface area contributed by atoms with Gasteiger partial charge in [0.1, 0.15) is 5.76 Å². The molecule has 0 saturated carbocycles. The quantitative estimate of drug-likeness (QED) is 0.644. The van der Waals surface area contributed by atoms with Gasteiger partial charge >= 0.3 is 5.63 Å². The molecule has 2 aromatic carbocycles. The van der Waals surface area contributed by atoms with Crippen molar-refractivity contribution in [3.8, 4) is 11.1 Å². The summed E-state index contributed by atoms with van der Waals surface area (Å²) >= 11 is 0. The predicted octanol–water partition coefficient (Wildman–Crippen LogP) is 4.62. The van der Waals surface area contributed by atoms with E-state index in [1.807, 2.05) is 19.1 Å². The van der Waals surface area contributed by atoms with E-state index in [9.17, 15) is 4.79 Å². The number of hydrogen-bond donors (Lipinski definition) is 0. The molecule has 1 aromatic heterocycles. The van der Waals surface area contributed by atoms with Gasteiger partial charge in [-0.25, -0.2) is 4.79 Å². The van der Waals surface area contributed by atoms with Gasteiger partial charge in [0, 0.05) is 5.19 Å². The van der Waals surface area contributed by atoms with Gasteiger partial charge in [0.25, 0.3) is 0 Å². The monoisotopic (exact) mass is 322 g/mol. The van der Waals surface area contributed by atoms with Gasteiger partial charge in [-0.2, -0.15) is 0 Å². The van der Waals surface area contributed by atoms with Gasteiger partial charge in [-0.15, -0.1) is 0 Å². The first kappa shape index (κ1) is 15.8. The molecular weight excluding hydrogens is 300 g/mol. The maximum Gasteiger partial charge on any atom is 0.335 e. The summed E-state index contributed by atoms with van der Waals surface area (Å²) in [5.41, 5.74) is 3.11. The van der Waals surface area contributed by atoms with Crippen LogP contribution in [-0.2, 0) is 0 Å². The minimum atomic E-state index is -1.85. The van der Waals surface area contributed by atoms with Gasteiger partial charge in [0.05, 0.1) is 8.07 Å². The molecule has 3 rings (SSSR count). The van der Waals surface area contributed by atoms with Crippen molar-refractivity contribution >= 4 is 24.0 Å². The third-order valence-corrected chi connectivity index (χ3v) is 6.37. The van der Waals surface area contributed by atoms with Crippen LogP contribution in [0.1, 0.15) is 11.3 Å². The molecule has 0 radical (unpaired) electrons. The maximum absolute atomic E-state index is 12.6. The molecule has 0 aliphatic heterocycles. The lowest BCUT2D eigenvalue weighted by Gasteiger charge is -2.22. The van der Waals surface area contributed by atoms with Crippen molar-refractivity contribution in [1.29, 1.82) is 0 Å². The Morgan fingerprint density at radius 3 is 2.26 bits per heavy atom. The topological polar surface area (TPSA) is 30.2 Å². The molecule has 0 amide bonds. The summed E-state index contributed by atoms with van der Waals surface area (Å²) in [7, 11) is -1.85. The first-order chi connectivity index (χ1) is 10.8. The smallest absolute Gasteiger partial charge is 0.335 e. The Morgan fingerprint density at radius 1 is 0.913 bits per heavy atom. The second-order valence-electron chi connectivity index (χ2n) is 7.10. The highest BCUT2D eigenvalue weighted by Crippen LogP contribution is 2.31. The van der Waals surface area contributed by atoms with Crippen molar-refractivity contribution in [2.75, 3.05) is 0 Å². The van der Waals surface area contributed by atoms with E-state index in [1.165, 1.54) is 10.8 Å². The number of aryl methyl sites for hydroxylation is 1. The number of hydrogen-bond acceptors (Lipinski definition) is 2. The van der Waals surface area contributed by atoms with Gasteiger partial charge in [-0.1, -0.05) is 62.1 Å². The van der Waals surface area contributed by atoms with E-state index in [1.54, 1.807) is 0 Å². The van der Waals surface area contributed by atoms with E-state index < -0.39 is 8.07 Å². The lowest BCUT2D eigenvalue weighted by Crippen LogP contribution is -2.48. The van der Waals surface area contributed by atoms with Crippen molar-refractivity contribution < 1.29 is 4.42 Å². The summed E-state index contributed by atoms with van der Waals surface area (Å²) < 4.78 is 5.52. The molecule has 0 N–H and O–H groups in total. The first-order valence-corrected chi connectivity index (χ1v) is 11.4. The molecule has 0 saturated heterocycles. The van der Waals surface area contributed by atoms with Gasteiger partial charge in [-0.3, -0.25) is 0 Å². The van der Waals surface area contributed by atoms with Crippen molar-refractivity contribution in [3.05, 3.63) is 64.2 Å². The number of benzene rings is 2. The van der Waals surface area contributed by atoms with Crippen LogP contribution < -0.4 is 10.8 Å². The lowest BCUT2D eigenvalue weighted by molar-refractivity contribution is 0.481. The minimum Gasteiger partial charge on any atom is -0.428 e. The summed E-state index contributed by atoms with van der Waals surface area (Å²) in [4.78, 5) is 12.6. The van der Waals surface area contributed by atoms with Gasteiger partial charge < -0.3 is 4.42 Å². The molecule has 0 aliphatic rings. The molecule has 3 heteroatoms. The molecule has 23 heavy (non-hydrogen) atoms. The van der Waals surface area contributed by atoms with Crippen molar-refractivity contribution in [2.24, 2.45) is 0 Å². The fraction of sp³-hybridized carbons (Fsp3) is 0.250. The molecule has 0 unspecified atom stereocenters. The Kier molecular flexibility index (Phi) is 3.76. The van der Waals surface area contributed by atoms with E-state index in [4.69, 9.17) is 4.42 Å². The van der Waals surface area contributed by atoms with Crippen LogP contribution in [0.2, 0.25) is 19.6 Å². The van der Waals surface area contributed by atoms with Crippen LogP contribution in [0.3, 0.4) is 0 Å². The Balaban J connectivity index is 2.51. The number of rotatable bonds is 2. The van der Waals surface area contributed by atoms with Crippen molar-refractivity contribution in [3.63, 3.8) is 0 Å². The molecule has 0 atom stereocenters. The predicted molar refractivity (Wildman–Crippen MR) is 100 cm³/mol. The fourth-order valence-electron chi connectivity index (χ4n) is 3.19. The van der Waals surface area contributed by atoms with E-state index in [-0.39, 0.29) is 5.63 Å². The van der Waals surface area contributed by atoms with E-state index in [0.717, 1.165) is 21.9 Å². The van der Waals surface area contributed by atoms with Crippen molar-refractivity contribution in [2.45, 2.75) is 33.5 Å². The van der Waals surface area contributed by atoms with Crippen LogP contribution in [0.25, 0.3) is 21.9 Å². The average molecular weight is 322 g/mol. The fourth-order valence-corrected chi connectivity index (χ4v) is 4.93. The summed E-state index contributed by atoms with van der Waals surface area (Å²) in [6.45, 7) is 10.5. The third-order valence-electron chi connectivity index (χ3n) is 4.41. The molecule has 0 bridgehead atoms. The lowest BCUT2D eigenvalue weighted by atomic mass is 9.95. The summed E-state index contributed by atoms with van der Waals surface area (Å²) in [6, 6.07) is 14.6. The molecule has 0 spiro atoms. The highest BCUT2D eigenvalue weighted by Gasteiger charge is 2.28. The Labute approximate surface area is 137 Å². The van der Waals surface area contributed by atoms with Crippen LogP contribution in [0.4, 0.5) is 0 Å². The Bertz CT molecular complexity index is 941. The highest BCUT2D eigenvalue weighted by molar-refractivity contribution is 6.89. The standard InChI is InChI=1S/C20H22O2Si/c1-13-14(2)22-20(21)19(23(3,4)5)18(13)17-12-8-10-15-9-6-7-11-16(15)17/h6-12H,1-5H3. The Hall–Kier alpha value is -2.13. The van der Waals surface area contributed by atoms with Crippen LogP contribution in [0, 0.1) is 13.8 Å². The highest BCUT2D eigenvalue weighted by atomic mass is 28.3. The van der Waals surface area contributed by atoms with Gasteiger partial charge in [0.2, 0.25) is 0 Å². The second kappa shape index (κ2) is 5.50. The molecule has 1 heterocycles. The minimum absolute atomic E-state index is 0.171. The molecule has 2 nitrogen and oxygen atoms in total. The molecule has 118 valence electrons. The first-order valence-electron chi connectivity index (χ1n) is 7.93.